The van der Waals surface area contributed by atoms with Crippen LogP contribution < -0.4 is 0 Å². The van der Waals surface area contributed by atoms with E-state index in [4.69, 9.17) is 4.74 Å². The number of ether oxygens (including phenoxy) is 1. The summed E-state index contributed by atoms with van der Waals surface area (Å²) in [6.45, 7) is 3.39. The van der Waals surface area contributed by atoms with E-state index in [-0.39, 0.29) is 0 Å². The summed E-state index contributed by atoms with van der Waals surface area (Å²) >= 11 is 0. The van der Waals surface area contributed by atoms with Crippen molar-refractivity contribution in [2.45, 2.75) is 32.1 Å². The summed E-state index contributed by atoms with van der Waals surface area (Å²) in [7, 11) is 0. The maximum absolute atomic E-state index is 5.56. The van der Waals surface area contributed by atoms with Crippen LogP contribution in [0.4, 0.5) is 0 Å². The van der Waals surface area contributed by atoms with Crippen molar-refractivity contribution in [1.29, 1.82) is 0 Å². The molecule has 0 aromatic heterocycles. The van der Waals surface area contributed by atoms with E-state index in [1.165, 1.54) is 44.5 Å². The van der Waals surface area contributed by atoms with E-state index in [9.17, 15) is 0 Å². The fourth-order valence-electron chi connectivity index (χ4n) is 1.85. The van der Waals surface area contributed by atoms with E-state index in [2.05, 4.69) is 11.1 Å². The van der Waals surface area contributed by atoms with Crippen LogP contribution in [0.15, 0.2) is 12.0 Å². The second kappa shape index (κ2) is 3.83. The van der Waals surface area contributed by atoms with E-state index in [0.717, 1.165) is 13.0 Å². The molecule has 12 heavy (non-hydrogen) atoms. The van der Waals surface area contributed by atoms with Crippen LogP contribution in [0.2, 0.25) is 0 Å². The highest BCUT2D eigenvalue weighted by molar-refractivity contribution is 4.95. The van der Waals surface area contributed by atoms with Gasteiger partial charge in [-0.1, -0.05) is 0 Å². The normalized spacial score (nSPS) is 27.7. The van der Waals surface area contributed by atoms with Gasteiger partial charge < -0.3 is 9.64 Å². The third-order valence-corrected chi connectivity index (χ3v) is 2.57. The molecule has 2 heteroatoms. The quantitative estimate of drug-likeness (QED) is 0.593. The summed E-state index contributed by atoms with van der Waals surface area (Å²) < 4.78 is 5.56. The smallest absolute Gasteiger partial charge is 0.112 e. The summed E-state index contributed by atoms with van der Waals surface area (Å²) in [4.78, 5) is 2.39. The van der Waals surface area contributed by atoms with Gasteiger partial charge in [-0.15, -0.1) is 0 Å². The monoisotopic (exact) mass is 167 g/mol. The van der Waals surface area contributed by atoms with Gasteiger partial charge in [0.05, 0.1) is 6.61 Å². The molecule has 0 aromatic rings. The SMILES string of the molecule is C(=C1/CCCCO1)/N1CCCC1. The molecule has 2 heterocycles. The van der Waals surface area contributed by atoms with Gasteiger partial charge in [-0.25, -0.2) is 0 Å². The average molecular weight is 167 g/mol. The first kappa shape index (κ1) is 7.96. The Kier molecular flexibility index (Phi) is 2.54. The van der Waals surface area contributed by atoms with Gasteiger partial charge in [-0.2, -0.15) is 0 Å². The Bertz CT molecular complexity index is 163. The lowest BCUT2D eigenvalue weighted by Crippen LogP contribution is -2.14. The van der Waals surface area contributed by atoms with Gasteiger partial charge in [0, 0.05) is 25.7 Å². The van der Waals surface area contributed by atoms with Crippen molar-refractivity contribution in [3.8, 4) is 0 Å². The predicted octanol–water partition coefficient (Wildman–Crippen LogP) is 2.12. The highest BCUT2D eigenvalue weighted by Crippen LogP contribution is 2.18. The number of rotatable bonds is 1. The molecule has 2 rings (SSSR count). The predicted molar refractivity (Wildman–Crippen MR) is 48.7 cm³/mol. The molecule has 0 atom stereocenters. The molecule has 0 aromatic carbocycles. The van der Waals surface area contributed by atoms with Gasteiger partial charge in [0.2, 0.25) is 0 Å². The van der Waals surface area contributed by atoms with Crippen molar-refractivity contribution in [2.75, 3.05) is 19.7 Å². The van der Waals surface area contributed by atoms with Crippen molar-refractivity contribution in [1.82, 2.24) is 4.90 Å². The number of allylic oxidation sites excluding steroid dienone is 1. The molecule has 0 saturated carbocycles. The Morgan fingerprint density at radius 2 is 1.92 bits per heavy atom. The van der Waals surface area contributed by atoms with Gasteiger partial charge in [0.1, 0.15) is 5.76 Å². The van der Waals surface area contributed by atoms with E-state index in [1.807, 2.05) is 0 Å². The van der Waals surface area contributed by atoms with Crippen molar-refractivity contribution < 1.29 is 4.74 Å². The molecule has 0 unspecified atom stereocenters. The fourth-order valence-corrected chi connectivity index (χ4v) is 1.85. The van der Waals surface area contributed by atoms with Gasteiger partial charge in [0.15, 0.2) is 0 Å². The molecule has 2 fully saturated rings. The lowest BCUT2D eigenvalue weighted by Gasteiger charge is -2.19. The van der Waals surface area contributed by atoms with Crippen LogP contribution in [0.25, 0.3) is 0 Å². The molecule has 2 nitrogen and oxygen atoms in total. The lowest BCUT2D eigenvalue weighted by molar-refractivity contribution is 0.159. The van der Waals surface area contributed by atoms with E-state index < -0.39 is 0 Å². The molecule has 68 valence electrons. The minimum Gasteiger partial charge on any atom is -0.496 e. The van der Waals surface area contributed by atoms with Crippen molar-refractivity contribution in [3.63, 3.8) is 0 Å². The average Bonchev–Trinajstić information content (AvgIpc) is 2.59. The van der Waals surface area contributed by atoms with Gasteiger partial charge in [0.25, 0.3) is 0 Å². The molecular weight excluding hydrogens is 150 g/mol. The van der Waals surface area contributed by atoms with E-state index in [0.29, 0.717) is 0 Å². The third kappa shape index (κ3) is 1.93. The maximum Gasteiger partial charge on any atom is 0.112 e. The van der Waals surface area contributed by atoms with Crippen LogP contribution in [0.3, 0.4) is 0 Å². The lowest BCUT2D eigenvalue weighted by atomic mass is 10.2. The second-order valence-corrected chi connectivity index (χ2v) is 3.64. The maximum atomic E-state index is 5.56. The van der Waals surface area contributed by atoms with Gasteiger partial charge >= 0.3 is 0 Å². The highest BCUT2D eigenvalue weighted by atomic mass is 16.5. The van der Waals surface area contributed by atoms with Crippen molar-refractivity contribution >= 4 is 0 Å². The molecular formula is C10H17NO. The summed E-state index contributed by atoms with van der Waals surface area (Å²) in [5.41, 5.74) is 0. The zero-order chi connectivity index (χ0) is 8.23. The molecule has 2 aliphatic rings. The number of hydrogen-bond donors (Lipinski definition) is 0. The largest absolute Gasteiger partial charge is 0.496 e. The highest BCUT2D eigenvalue weighted by Gasteiger charge is 2.11. The van der Waals surface area contributed by atoms with Crippen LogP contribution in [-0.4, -0.2) is 24.6 Å². The van der Waals surface area contributed by atoms with Gasteiger partial charge in [-0.3, -0.25) is 0 Å². The van der Waals surface area contributed by atoms with Crippen molar-refractivity contribution in [3.05, 3.63) is 12.0 Å². The first-order valence-electron chi connectivity index (χ1n) is 5.03. The second-order valence-electron chi connectivity index (χ2n) is 3.64. The number of likely N-dealkylation sites (tertiary alicyclic amines) is 1. The molecule has 0 amide bonds. The number of hydrogen-bond acceptors (Lipinski definition) is 2. The summed E-state index contributed by atoms with van der Waals surface area (Å²) in [5, 5.41) is 0. The summed E-state index contributed by atoms with van der Waals surface area (Å²) in [6.07, 6.45) is 8.62. The molecule has 2 aliphatic heterocycles. The third-order valence-electron chi connectivity index (χ3n) is 2.57. The minimum atomic E-state index is 0.930. The fraction of sp³-hybridized carbons (Fsp3) is 0.800. The summed E-state index contributed by atoms with van der Waals surface area (Å²) in [5.74, 6) is 1.21. The Morgan fingerprint density at radius 1 is 1.08 bits per heavy atom. The van der Waals surface area contributed by atoms with E-state index >= 15 is 0 Å². The molecule has 0 aliphatic carbocycles. The van der Waals surface area contributed by atoms with Crippen LogP contribution in [0, 0.1) is 0 Å². The molecule has 0 spiro atoms. The van der Waals surface area contributed by atoms with Crippen LogP contribution in [0.5, 0.6) is 0 Å². The van der Waals surface area contributed by atoms with Crippen molar-refractivity contribution in [2.24, 2.45) is 0 Å². The molecule has 0 bridgehead atoms. The van der Waals surface area contributed by atoms with Gasteiger partial charge in [-0.05, 0) is 25.7 Å². The topological polar surface area (TPSA) is 12.5 Å². The summed E-state index contributed by atoms with van der Waals surface area (Å²) in [6, 6.07) is 0. The zero-order valence-electron chi connectivity index (χ0n) is 7.59. The van der Waals surface area contributed by atoms with Crippen LogP contribution in [0.1, 0.15) is 32.1 Å². The molecule has 0 N–H and O–H groups in total. The minimum absolute atomic E-state index is 0.930. The number of nitrogens with zero attached hydrogens (tertiary/aromatic N) is 1. The standard InChI is InChI=1S/C10H17NO/c1-4-8-12-10(5-1)9-11-6-2-3-7-11/h9H,1-8H2/b10-9+. The Labute approximate surface area is 74.2 Å². The zero-order valence-corrected chi connectivity index (χ0v) is 7.59. The first-order valence-corrected chi connectivity index (χ1v) is 5.03. The Hall–Kier alpha value is -0.660. The Balaban J connectivity index is 1.87. The van der Waals surface area contributed by atoms with E-state index in [1.54, 1.807) is 0 Å². The first-order chi connectivity index (χ1) is 5.95. The Morgan fingerprint density at radius 3 is 2.58 bits per heavy atom. The van der Waals surface area contributed by atoms with Crippen LogP contribution >= 0.6 is 0 Å². The molecule has 2 saturated heterocycles. The van der Waals surface area contributed by atoms with Crippen LogP contribution in [-0.2, 0) is 4.74 Å². The molecule has 0 radical (unpaired) electrons.